The molecular weight excluding hydrogens is 339 g/mol. The van der Waals surface area contributed by atoms with Gasteiger partial charge in [0.2, 0.25) is 5.91 Å². The van der Waals surface area contributed by atoms with Crippen LogP contribution < -0.4 is 5.32 Å². The number of hydrogen-bond donors (Lipinski definition) is 1. The van der Waals surface area contributed by atoms with E-state index in [0.717, 1.165) is 18.7 Å². The van der Waals surface area contributed by atoms with Crippen molar-refractivity contribution in [1.82, 2.24) is 10.2 Å². The summed E-state index contributed by atoms with van der Waals surface area (Å²) in [5.41, 5.74) is 1.04. The third-order valence-electron chi connectivity index (χ3n) is 3.60. The number of amides is 1. The monoisotopic (exact) mass is 362 g/mol. The highest BCUT2D eigenvalue weighted by Crippen LogP contribution is 2.24. The van der Waals surface area contributed by atoms with Crippen LogP contribution in [-0.2, 0) is 14.3 Å². The van der Waals surface area contributed by atoms with Crippen molar-refractivity contribution in [3.63, 3.8) is 0 Å². The van der Waals surface area contributed by atoms with Crippen molar-refractivity contribution in [2.24, 2.45) is 0 Å². The van der Waals surface area contributed by atoms with Gasteiger partial charge in [-0.1, -0.05) is 23.7 Å². The predicted molar refractivity (Wildman–Crippen MR) is 93.3 cm³/mol. The molecule has 2 rings (SSSR count). The summed E-state index contributed by atoms with van der Waals surface area (Å²) in [5.74, 6) is 0.00275. The molecule has 0 aromatic heterocycles. The number of nitrogens with one attached hydrogen (secondary N) is 1. The minimum Gasteiger partial charge on any atom is -0.379 e. The highest BCUT2D eigenvalue weighted by Gasteiger charge is 2.27. The van der Waals surface area contributed by atoms with Gasteiger partial charge in [-0.15, -0.1) is 12.4 Å². The third-order valence-corrected chi connectivity index (χ3v) is 3.83. The number of carbonyl (C=O) groups excluding carboxylic acids is 1. The second-order valence-electron chi connectivity index (χ2n) is 5.11. The number of carbonyl (C=O) groups is 1. The summed E-state index contributed by atoms with van der Waals surface area (Å²) in [5, 5.41) is 4.01. The summed E-state index contributed by atoms with van der Waals surface area (Å²) in [6, 6.07) is 7.66. The summed E-state index contributed by atoms with van der Waals surface area (Å²) in [7, 11) is 0. The normalized spacial score (nSPS) is 17.7. The first-order valence-corrected chi connectivity index (χ1v) is 8.01. The number of rotatable bonds is 7. The van der Waals surface area contributed by atoms with Gasteiger partial charge in [-0.3, -0.25) is 4.79 Å². The molecule has 1 fully saturated rings. The van der Waals surface area contributed by atoms with Gasteiger partial charge in [0.25, 0.3) is 0 Å². The molecule has 1 N–H and O–H groups in total. The zero-order valence-electron chi connectivity index (χ0n) is 13.3. The van der Waals surface area contributed by atoms with E-state index in [1.54, 1.807) is 0 Å². The Morgan fingerprint density at radius 2 is 2.17 bits per heavy atom. The second-order valence-corrected chi connectivity index (χ2v) is 5.55. The van der Waals surface area contributed by atoms with Crippen molar-refractivity contribution in [2.45, 2.75) is 13.0 Å². The highest BCUT2D eigenvalue weighted by atomic mass is 35.5. The van der Waals surface area contributed by atoms with Gasteiger partial charge in [0.15, 0.2) is 0 Å². The van der Waals surface area contributed by atoms with Gasteiger partial charge in [0.1, 0.15) is 6.61 Å². The molecule has 0 radical (unpaired) electrons. The molecule has 1 aliphatic heterocycles. The van der Waals surface area contributed by atoms with E-state index in [1.165, 1.54) is 0 Å². The molecule has 0 aliphatic carbocycles. The van der Waals surface area contributed by atoms with Crippen LogP contribution in [-0.4, -0.2) is 56.9 Å². The molecule has 1 saturated heterocycles. The molecule has 1 atom stereocenters. The van der Waals surface area contributed by atoms with E-state index in [4.69, 9.17) is 21.1 Å². The Hall–Kier alpha value is -0.850. The van der Waals surface area contributed by atoms with Crippen molar-refractivity contribution in [3.05, 3.63) is 34.9 Å². The number of benzene rings is 1. The van der Waals surface area contributed by atoms with Gasteiger partial charge in [-0.05, 0) is 24.6 Å². The number of ether oxygens (including phenoxy) is 2. The van der Waals surface area contributed by atoms with Crippen molar-refractivity contribution in [2.75, 3.05) is 46.1 Å². The molecule has 1 unspecified atom stereocenters. The lowest BCUT2D eigenvalue weighted by molar-refractivity contribution is -0.140. The zero-order chi connectivity index (χ0) is 15.8. The van der Waals surface area contributed by atoms with Crippen molar-refractivity contribution < 1.29 is 14.3 Å². The Morgan fingerprint density at radius 3 is 2.91 bits per heavy atom. The Morgan fingerprint density at radius 1 is 1.39 bits per heavy atom. The van der Waals surface area contributed by atoms with Crippen LogP contribution in [0.4, 0.5) is 0 Å². The maximum absolute atomic E-state index is 12.4. The molecule has 0 spiro atoms. The molecule has 5 nitrogen and oxygen atoms in total. The summed E-state index contributed by atoms with van der Waals surface area (Å²) in [4.78, 5) is 14.3. The van der Waals surface area contributed by atoms with E-state index in [-0.39, 0.29) is 31.0 Å². The zero-order valence-corrected chi connectivity index (χ0v) is 14.9. The number of nitrogens with zero attached hydrogens (tertiary/aromatic N) is 1. The molecule has 1 aromatic carbocycles. The molecule has 0 bridgehead atoms. The van der Waals surface area contributed by atoms with E-state index in [0.29, 0.717) is 31.4 Å². The fourth-order valence-corrected chi connectivity index (χ4v) is 2.72. The molecule has 1 aliphatic rings. The molecule has 1 heterocycles. The quantitative estimate of drug-likeness (QED) is 0.756. The average Bonchev–Trinajstić information content (AvgIpc) is 2.54. The number of piperazine rings is 1. The highest BCUT2D eigenvalue weighted by molar-refractivity contribution is 6.30. The molecule has 7 heteroatoms. The SMILES string of the molecule is CCOCCOCC(=O)N1CCNCC1c1cccc(Cl)c1.Cl. The van der Waals surface area contributed by atoms with Gasteiger partial charge in [-0.2, -0.15) is 0 Å². The van der Waals surface area contributed by atoms with Crippen molar-refractivity contribution in [3.8, 4) is 0 Å². The van der Waals surface area contributed by atoms with Crippen LogP contribution in [0.1, 0.15) is 18.5 Å². The van der Waals surface area contributed by atoms with E-state index in [1.807, 2.05) is 36.1 Å². The van der Waals surface area contributed by atoms with Crippen molar-refractivity contribution in [1.29, 1.82) is 0 Å². The lowest BCUT2D eigenvalue weighted by Gasteiger charge is -2.36. The lowest BCUT2D eigenvalue weighted by Crippen LogP contribution is -2.49. The van der Waals surface area contributed by atoms with Crippen LogP contribution in [0.2, 0.25) is 5.02 Å². The molecule has 130 valence electrons. The van der Waals surface area contributed by atoms with Crippen LogP contribution in [0.5, 0.6) is 0 Å². The maximum Gasteiger partial charge on any atom is 0.249 e. The summed E-state index contributed by atoms with van der Waals surface area (Å²) >= 11 is 6.06. The van der Waals surface area contributed by atoms with E-state index < -0.39 is 0 Å². The smallest absolute Gasteiger partial charge is 0.249 e. The number of halogens is 2. The van der Waals surface area contributed by atoms with Crippen LogP contribution in [0, 0.1) is 0 Å². The fraction of sp³-hybridized carbons (Fsp3) is 0.562. The first-order valence-electron chi connectivity index (χ1n) is 7.63. The minimum atomic E-state index is -0.00422. The maximum atomic E-state index is 12.4. The van der Waals surface area contributed by atoms with Crippen molar-refractivity contribution >= 4 is 29.9 Å². The molecule has 0 saturated carbocycles. The van der Waals surface area contributed by atoms with E-state index in [2.05, 4.69) is 5.32 Å². The second kappa shape index (κ2) is 10.8. The summed E-state index contributed by atoms with van der Waals surface area (Å²) in [6.45, 7) is 5.83. The fourth-order valence-electron chi connectivity index (χ4n) is 2.52. The predicted octanol–water partition coefficient (Wildman–Crippen LogP) is 2.29. The van der Waals surface area contributed by atoms with E-state index in [9.17, 15) is 4.79 Å². The van der Waals surface area contributed by atoms with Crippen LogP contribution in [0.3, 0.4) is 0 Å². The largest absolute Gasteiger partial charge is 0.379 e. The van der Waals surface area contributed by atoms with Gasteiger partial charge in [0, 0.05) is 31.3 Å². The standard InChI is InChI=1S/C16H23ClN2O3.ClH/c1-2-21-8-9-22-12-16(20)19-7-6-18-11-15(19)13-4-3-5-14(17)10-13;/h3-5,10,15,18H,2,6-9,11-12H2,1H3;1H. The number of hydrogen-bond acceptors (Lipinski definition) is 4. The molecular formula is C16H24Cl2N2O3. The average molecular weight is 363 g/mol. The molecule has 23 heavy (non-hydrogen) atoms. The van der Waals surface area contributed by atoms with Crippen LogP contribution >= 0.6 is 24.0 Å². The van der Waals surface area contributed by atoms with Gasteiger partial charge in [-0.25, -0.2) is 0 Å². The van der Waals surface area contributed by atoms with Gasteiger partial charge < -0.3 is 19.7 Å². The van der Waals surface area contributed by atoms with Gasteiger partial charge in [0.05, 0.1) is 19.3 Å². The van der Waals surface area contributed by atoms with E-state index >= 15 is 0 Å². The molecule has 1 amide bonds. The molecule has 1 aromatic rings. The first kappa shape index (κ1) is 20.2. The summed E-state index contributed by atoms with van der Waals surface area (Å²) < 4.78 is 10.6. The summed E-state index contributed by atoms with van der Waals surface area (Å²) in [6.07, 6.45) is 0. The first-order chi connectivity index (χ1) is 10.7. The Balaban J connectivity index is 0.00000264. The Bertz CT molecular complexity index is 488. The Labute approximate surface area is 148 Å². The Kier molecular flexibility index (Phi) is 9.52. The van der Waals surface area contributed by atoms with Crippen LogP contribution in [0.25, 0.3) is 0 Å². The minimum absolute atomic E-state index is 0. The van der Waals surface area contributed by atoms with Gasteiger partial charge >= 0.3 is 0 Å². The topological polar surface area (TPSA) is 50.8 Å². The lowest BCUT2D eigenvalue weighted by atomic mass is 10.0. The third kappa shape index (κ3) is 6.28. The van der Waals surface area contributed by atoms with Crippen LogP contribution in [0.15, 0.2) is 24.3 Å².